The number of hydrogen-bond acceptors (Lipinski definition) is 5. The van der Waals surface area contributed by atoms with E-state index in [-0.39, 0.29) is 24.0 Å². The molecule has 0 radical (unpaired) electrons. The van der Waals surface area contributed by atoms with Crippen molar-refractivity contribution in [2.75, 3.05) is 32.9 Å². The van der Waals surface area contributed by atoms with E-state index in [1.807, 2.05) is 4.90 Å². The van der Waals surface area contributed by atoms with Crippen LogP contribution in [0.15, 0.2) is 12.3 Å². The Morgan fingerprint density at radius 2 is 2.09 bits per heavy atom. The summed E-state index contributed by atoms with van der Waals surface area (Å²) in [5, 5.41) is 0. The molecule has 6 rings (SSSR count). The molecule has 34 heavy (non-hydrogen) atoms. The number of pyridine rings is 1. The molecule has 0 bridgehead atoms. The maximum absolute atomic E-state index is 14.0. The van der Waals surface area contributed by atoms with Crippen LogP contribution in [0.1, 0.15) is 55.3 Å². The van der Waals surface area contributed by atoms with Crippen LogP contribution >= 0.6 is 0 Å². The number of aromatic nitrogens is 1. The molecular formula is C25H32F3N3O3. The highest BCUT2D eigenvalue weighted by Gasteiger charge is 2.58. The fourth-order valence-corrected chi connectivity index (χ4v) is 7.45. The predicted molar refractivity (Wildman–Crippen MR) is 117 cm³/mol. The van der Waals surface area contributed by atoms with Gasteiger partial charge >= 0.3 is 6.18 Å². The highest BCUT2D eigenvalue weighted by atomic mass is 19.4. The fraction of sp³-hybridized carbons (Fsp3) is 0.760. The standard InChI is InChI=1S/C25H32F3N3O3/c26-25(27,28)18-10-16-14-30(6-3-20(16)29-13-18)23(32)24-5-1-2-17(24)11-19(12-24)31-7-9-34-22-15-33-8-4-21(22)31/h10,13,17,19,21-22H,1-9,11-12,14-15H2/t17-,19-,21+,22+,24-/m1/s1. The van der Waals surface area contributed by atoms with E-state index < -0.39 is 11.7 Å². The van der Waals surface area contributed by atoms with Gasteiger partial charge in [-0.05, 0) is 49.7 Å². The summed E-state index contributed by atoms with van der Waals surface area (Å²) in [4.78, 5) is 22.5. The van der Waals surface area contributed by atoms with Crippen LogP contribution in [-0.4, -0.2) is 71.8 Å². The van der Waals surface area contributed by atoms with Crippen molar-refractivity contribution in [2.45, 2.75) is 75.9 Å². The topological polar surface area (TPSA) is 54.9 Å². The van der Waals surface area contributed by atoms with Crippen molar-refractivity contribution in [3.63, 3.8) is 0 Å². The van der Waals surface area contributed by atoms with Gasteiger partial charge in [-0.15, -0.1) is 0 Å². The Kier molecular flexibility index (Phi) is 5.65. The van der Waals surface area contributed by atoms with E-state index in [9.17, 15) is 18.0 Å². The Morgan fingerprint density at radius 3 is 2.94 bits per heavy atom. The Balaban J connectivity index is 1.21. The van der Waals surface area contributed by atoms with Crippen LogP contribution in [-0.2, 0) is 33.4 Å². The number of nitrogens with zero attached hydrogens (tertiary/aromatic N) is 3. The maximum Gasteiger partial charge on any atom is 0.417 e. The smallest absolute Gasteiger partial charge is 0.379 e. The van der Waals surface area contributed by atoms with E-state index in [0.717, 1.165) is 57.9 Å². The van der Waals surface area contributed by atoms with Crippen LogP contribution in [0.5, 0.6) is 0 Å². The normalized spacial score (nSPS) is 36.1. The molecule has 2 saturated heterocycles. The molecule has 9 heteroatoms. The van der Waals surface area contributed by atoms with Gasteiger partial charge in [-0.1, -0.05) is 6.42 Å². The van der Waals surface area contributed by atoms with Gasteiger partial charge in [-0.2, -0.15) is 13.2 Å². The highest BCUT2D eigenvalue weighted by molar-refractivity contribution is 5.84. The zero-order valence-corrected chi connectivity index (χ0v) is 19.4. The van der Waals surface area contributed by atoms with E-state index in [1.165, 1.54) is 6.07 Å². The van der Waals surface area contributed by atoms with Gasteiger partial charge < -0.3 is 14.4 Å². The van der Waals surface area contributed by atoms with E-state index in [1.54, 1.807) is 0 Å². The van der Waals surface area contributed by atoms with Gasteiger partial charge in [0.15, 0.2) is 0 Å². The quantitative estimate of drug-likeness (QED) is 0.651. The average Bonchev–Trinajstić information content (AvgIpc) is 3.40. The summed E-state index contributed by atoms with van der Waals surface area (Å²) >= 11 is 0. The molecule has 5 aliphatic rings. The second-order valence-corrected chi connectivity index (χ2v) is 10.7. The van der Waals surface area contributed by atoms with Gasteiger partial charge in [0.25, 0.3) is 0 Å². The molecule has 0 unspecified atom stereocenters. The molecular weight excluding hydrogens is 447 g/mol. The Bertz CT molecular complexity index is 955. The van der Waals surface area contributed by atoms with E-state index in [2.05, 4.69) is 9.88 Å². The molecule has 5 atom stereocenters. The summed E-state index contributed by atoms with van der Waals surface area (Å²) in [6, 6.07) is 1.90. The maximum atomic E-state index is 14.0. The van der Waals surface area contributed by atoms with Crippen LogP contribution in [0.3, 0.4) is 0 Å². The number of hydrogen-bond donors (Lipinski definition) is 0. The first-order valence-corrected chi connectivity index (χ1v) is 12.6. The summed E-state index contributed by atoms with van der Waals surface area (Å²) in [6.45, 7) is 3.74. The Morgan fingerprint density at radius 1 is 1.21 bits per heavy atom. The zero-order valence-electron chi connectivity index (χ0n) is 19.4. The van der Waals surface area contributed by atoms with Crippen molar-refractivity contribution < 1.29 is 27.4 Å². The second kappa shape index (κ2) is 8.45. The molecule has 2 aliphatic carbocycles. The zero-order chi connectivity index (χ0) is 23.5. The monoisotopic (exact) mass is 479 g/mol. The van der Waals surface area contributed by atoms with Gasteiger partial charge in [-0.3, -0.25) is 14.7 Å². The number of ether oxygens (including phenoxy) is 2. The molecule has 0 aromatic carbocycles. The van der Waals surface area contributed by atoms with Crippen LogP contribution in [0, 0.1) is 11.3 Å². The molecule has 6 nitrogen and oxygen atoms in total. The lowest BCUT2D eigenvalue weighted by Gasteiger charge is -2.46. The molecule has 1 aromatic rings. The lowest BCUT2D eigenvalue weighted by Crippen LogP contribution is -2.58. The second-order valence-electron chi connectivity index (χ2n) is 10.7. The molecule has 4 fully saturated rings. The van der Waals surface area contributed by atoms with Gasteiger partial charge in [0.2, 0.25) is 5.91 Å². The van der Waals surface area contributed by atoms with Gasteiger partial charge in [0.05, 0.1) is 30.3 Å². The minimum Gasteiger partial charge on any atom is -0.379 e. The number of morpholine rings is 1. The summed E-state index contributed by atoms with van der Waals surface area (Å²) in [5.74, 6) is 0.504. The molecule has 0 spiro atoms. The third kappa shape index (κ3) is 3.75. The van der Waals surface area contributed by atoms with Crippen LogP contribution in [0.4, 0.5) is 13.2 Å². The summed E-state index contributed by atoms with van der Waals surface area (Å²) < 4.78 is 51.3. The summed E-state index contributed by atoms with van der Waals surface area (Å²) in [5.41, 5.74) is 0.0986. The summed E-state index contributed by atoms with van der Waals surface area (Å²) in [6.07, 6.45) is 2.95. The van der Waals surface area contributed by atoms with Crippen molar-refractivity contribution in [3.05, 3.63) is 29.1 Å². The van der Waals surface area contributed by atoms with Crippen LogP contribution < -0.4 is 0 Å². The van der Waals surface area contributed by atoms with Crippen molar-refractivity contribution in [3.8, 4) is 0 Å². The third-order valence-corrected chi connectivity index (χ3v) is 9.04. The number of fused-ring (bicyclic) bond motifs is 3. The van der Waals surface area contributed by atoms with Gasteiger partial charge in [0.1, 0.15) is 0 Å². The molecule has 2 saturated carbocycles. The first kappa shape index (κ1) is 22.7. The summed E-state index contributed by atoms with van der Waals surface area (Å²) in [7, 11) is 0. The number of alkyl halides is 3. The minimum absolute atomic E-state index is 0.114. The lowest BCUT2D eigenvalue weighted by molar-refractivity contribution is -0.149. The average molecular weight is 480 g/mol. The molecule has 186 valence electrons. The predicted octanol–water partition coefficient (Wildman–Crippen LogP) is 3.42. The van der Waals surface area contributed by atoms with Crippen LogP contribution in [0.25, 0.3) is 0 Å². The largest absolute Gasteiger partial charge is 0.417 e. The van der Waals surface area contributed by atoms with E-state index >= 15 is 0 Å². The van der Waals surface area contributed by atoms with Crippen molar-refractivity contribution in [2.24, 2.45) is 11.3 Å². The van der Waals surface area contributed by atoms with Crippen molar-refractivity contribution >= 4 is 5.91 Å². The molecule has 1 aromatic heterocycles. The molecule has 0 N–H and O–H groups in total. The molecule has 3 aliphatic heterocycles. The number of carbonyl (C=O) groups excluding carboxylic acids is 1. The van der Waals surface area contributed by atoms with Crippen molar-refractivity contribution in [1.82, 2.24) is 14.8 Å². The van der Waals surface area contributed by atoms with Gasteiger partial charge in [0, 0.05) is 56.6 Å². The lowest BCUT2D eigenvalue weighted by atomic mass is 9.78. The minimum atomic E-state index is -4.43. The molecule has 1 amide bonds. The van der Waals surface area contributed by atoms with Crippen LogP contribution in [0.2, 0.25) is 0 Å². The van der Waals surface area contributed by atoms with E-state index in [0.29, 0.717) is 55.4 Å². The molecule has 4 heterocycles. The van der Waals surface area contributed by atoms with Gasteiger partial charge in [-0.25, -0.2) is 0 Å². The Labute approximate surface area is 197 Å². The SMILES string of the molecule is O=C(N1CCc2ncc(C(F)(F)F)cc2C1)[C@@]12CCC[C@@H]1C[C@@H](N1CCO[C@H]3COCC[C@@H]31)C2. The first-order valence-electron chi connectivity index (χ1n) is 12.6. The van der Waals surface area contributed by atoms with E-state index in [4.69, 9.17) is 9.47 Å². The first-order chi connectivity index (χ1) is 16.3. The number of amides is 1. The third-order valence-electron chi connectivity index (χ3n) is 9.04. The number of halogens is 3. The number of rotatable bonds is 2. The Hall–Kier alpha value is -1.71. The highest BCUT2D eigenvalue weighted by Crippen LogP contribution is 2.57. The van der Waals surface area contributed by atoms with Crippen molar-refractivity contribution in [1.29, 1.82) is 0 Å². The fourth-order valence-electron chi connectivity index (χ4n) is 7.45. The number of carbonyl (C=O) groups is 1.